The van der Waals surface area contributed by atoms with Gasteiger partial charge in [0.15, 0.2) is 0 Å². The van der Waals surface area contributed by atoms with E-state index < -0.39 is 0 Å². The summed E-state index contributed by atoms with van der Waals surface area (Å²) in [6.07, 6.45) is 9.47. The Kier molecular flexibility index (Phi) is 6.01. The number of aromatic nitrogens is 3. The summed E-state index contributed by atoms with van der Waals surface area (Å²) in [6, 6.07) is 6.42. The quantitative estimate of drug-likeness (QED) is 0.595. The minimum atomic E-state index is -0.256. The minimum absolute atomic E-state index is 0.117. The fourth-order valence-electron chi connectivity index (χ4n) is 4.73. The molecule has 0 saturated carbocycles. The zero-order valence-corrected chi connectivity index (χ0v) is 19.0. The van der Waals surface area contributed by atoms with Crippen molar-refractivity contribution >= 4 is 16.8 Å². The fraction of sp³-hybridized carbons (Fsp3) is 0.440. The van der Waals surface area contributed by atoms with Gasteiger partial charge in [-0.2, -0.15) is 0 Å². The van der Waals surface area contributed by atoms with E-state index in [4.69, 9.17) is 0 Å². The molecule has 0 aliphatic carbocycles. The maximum Gasteiger partial charge on any atom is 0.240 e. The van der Waals surface area contributed by atoms with E-state index in [-0.39, 0.29) is 18.0 Å². The molecule has 164 valence electrons. The van der Waals surface area contributed by atoms with Crippen LogP contribution in [0.4, 0.5) is 0 Å². The molecule has 1 N–H and O–H groups in total. The molecule has 1 amide bonds. The Bertz CT molecular complexity index is 1090. The van der Waals surface area contributed by atoms with Gasteiger partial charge in [0.1, 0.15) is 5.82 Å². The van der Waals surface area contributed by atoms with Crippen molar-refractivity contribution in [1.82, 2.24) is 24.3 Å². The Morgan fingerprint density at radius 3 is 2.90 bits per heavy atom. The lowest BCUT2D eigenvalue weighted by Crippen LogP contribution is -2.47. The minimum Gasteiger partial charge on any atom is -0.341 e. The van der Waals surface area contributed by atoms with Gasteiger partial charge in [-0.1, -0.05) is 32.1 Å². The molecule has 1 aromatic carbocycles. The Morgan fingerprint density at radius 1 is 1.42 bits per heavy atom. The van der Waals surface area contributed by atoms with Gasteiger partial charge in [0.25, 0.3) is 0 Å². The van der Waals surface area contributed by atoms with Gasteiger partial charge < -0.3 is 14.0 Å². The molecule has 0 radical (unpaired) electrons. The molecule has 3 heterocycles. The van der Waals surface area contributed by atoms with Crippen LogP contribution in [-0.4, -0.2) is 44.6 Å². The third kappa shape index (κ3) is 4.17. The number of rotatable bonds is 7. The normalized spacial score (nSPS) is 18.4. The average Bonchev–Trinajstić information content (AvgIpc) is 3.25. The maximum absolute atomic E-state index is 13.2. The Morgan fingerprint density at radius 2 is 2.23 bits per heavy atom. The molecule has 3 aromatic rings. The summed E-state index contributed by atoms with van der Waals surface area (Å²) in [4.78, 5) is 19.5. The largest absolute Gasteiger partial charge is 0.341 e. The second-order valence-electron chi connectivity index (χ2n) is 9.09. The summed E-state index contributed by atoms with van der Waals surface area (Å²) in [6.45, 7) is 9.52. The molecule has 1 aliphatic heterocycles. The first-order chi connectivity index (χ1) is 14.9. The SMILES string of the molecule is C=CCN(C)C(=O)[C@@H]1Cc2cn(Cc3nccn3C)c3cccc(c23)[C@H](CC(C)C)N1. The zero-order chi connectivity index (χ0) is 22.1. The number of benzene rings is 1. The molecule has 6 heteroatoms. The highest BCUT2D eigenvalue weighted by molar-refractivity contribution is 5.90. The van der Waals surface area contributed by atoms with Gasteiger partial charge in [-0.3, -0.25) is 10.1 Å². The fourth-order valence-corrected chi connectivity index (χ4v) is 4.73. The number of imidazole rings is 1. The number of likely N-dealkylation sites (N-methyl/N-ethyl adjacent to an activating group) is 1. The number of nitrogens with zero attached hydrogens (tertiary/aromatic N) is 4. The number of nitrogens with one attached hydrogen (secondary N) is 1. The van der Waals surface area contributed by atoms with Gasteiger partial charge in [0, 0.05) is 56.2 Å². The van der Waals surface area contributed by atoms with Crippen molar-refractivity contribution in [3.63, 3.8) is 0 Å². The lowest BCUT2D eigenvalue weighted by atomic mass is 9.94. The van der Waals surface area contributed by atoms with Crippen molar-refractivity contribution < 1.29 is 4.79 Å². The van der Waals surface area contributed by atoms with Gasteiger partial charge in [0.2, 0.25) is 5.91 Å². The van der Waals surface area contributed by atoms with Crippen LogP contribution in [-0.2, 0) is 24.8 Å². The molecule has 4 rings (SSSR count). The lowest BCUT2D eigenvalue weighted by molar-refractivity contribution is -0.131. The van der Waals surface area contributed by atoms with Gasteiger partial charge in [-0.15, -0.1) is 6.58 Å². The van der Waals surface area contributed by atoms with Gasteiger partial charge in [0.05, 0.1) is 12.6 Å². The van der Waals surface area contributed by atoms with Crippen LogP contribution >= 0.6 is 0 Å². The highest BCUT2D eigenvalue weighted by Gasteiger charge is 2.32. The van der Waals surface area contributed by atoms with E-state index in [0.717, 1.165) is 12.2 Å². The van der Waals surface area contributed by atoms with E-state index in [2.05, 4.69) is 64.3 Å². The molecule has 6 nitrogen and oxygen atoms in total. The summed E-state index contributed by atoms with van der Waals surface area (Å²) in [5, 5.41) is 4.99. The Hall–Kier alpha value is -2.86. The van der Waals surface area contributed by atoms with E-state index in [1.165, 1.54) is 22.0 Å². The van der Waals surface area contributed by atoms with Gasteiger partial charge >= 0.3 is 0 Å². The number of carbonyl (C=O) groups is 1. The van der Waals surface area contributed by atoms with E-state index in [0.29, 0.717) is 25.4 Å². The second-order valence-corrected chi connectivity index (χ2v) is 9.09. The van der Waals surface area contributed by atoms with Crippen LogP contribution in [0.15, 0.2) is 49.4 Å². The van der Waals surface area contributed by atoms with Crippen molar-refractivity contribution in [1.29, 1.82) is 0 Å². The summed E-state index contributed by atoms with van der Waals surface area (Å²) in [5.41, 5.74) is 3.73. The number of hydrogen-bond acceptors (Lipinski definition) is 3. The molecule has 1 aliphatic rings. The summed E-state index contributed by atoms with van der Waals surface area (Å²) >= 11 is 0. The van der Waals surface area contributed by atoms with E-state index in [1.807, 2.05) is 26.5 Å². The standard InChI is InChI=1S/C25H33N5O/c1-6-11-29(5)25(31)21-14-18-15-30(16-23-26-10-12-28(23)4)22-9-7-8-19(24(18)22)20(27-21)13-17(2)3/h6-10,12,15,17,20-21,27H,1,11,13-14,16H2,2-5H3/t20-,21-/m0/s1. The van der Waals surface area contributed by atoms with Crippen LogP contribution in [0.5, 0.6) is 0 Å². The Balaban J connectivity index is 1.79. The lowest BCUT2D eigenvalue weighted by Gasteiger charge is -2.28. The van der Waals surface area contributed by atoms with E-state index >= 15 is 0 Å². The first-order valence-corrected chi connectivity index (χ1v) is 11.1. The molecular formula is C25H33N5O. The summed E-state index contributed by atoms with van der Waals surface area (Å²) in [7, 11) is 3.87. The van der Waals surface area contributed by atoms with Crippen LogP contribution in [0.3, 0.4) is 0 Å². The van der Waals surface area contributed by atoms with Crippen molar-refractivity contribution in [2.75, 3.05) is 13.6 Å². The predicted octanol–water partition coefficient (Wildman–Crippen LogP) is 3.67. The molecule has 2 aromatic heterocycles. The van der Waals surface area contributed by atoms with Crippen molar-refractivity contribution in [3.05, 3.63) is 66.4 Å². The molecular weight excluding hydrogens is 386 g/mol. The van der Waals surface area contributed by atoms with E-state index in [9.17, 15) is 4.79 Å². The highest BCUT2D eigenvalue weighted by Crippen LogP contribution is 2.36. The van der Waals surface area contributed by atoms with Gasteiger partial charge in [-0.05, 0) is 36.0 Å². The average molecular weight is 420 g/mol. The predicted molar refractivity (Wildman–Crippen MR) is 125 cm³/mol. The van der Waals surface area contributed by atoms with Gasteiger partial charge in [-0.25, -0.2) is 4.98 Å². The third-order valence-electron chi connectivity index (χ3n) is 6.24. The topological polar surface area (TPSA) is 55.1 Å². The molecule has 0 spiro atoms. The molecule has 0 saturated heterocycles. The third-order valence-corrected chi connectivity index (χ3v) is 6.24. The Labute approximate surface area is 184 Å². The van der Waals surface area contributed by atoms with Crippen LogP contribution in [0.25, 0.3) is 10.9 Å². The summed E-state index contributed by atoms with van der Waals surface area (Å²) in [5.74, 6) is 1.65. The number of hydrogen-bond donors (Lipinski definition) is 1. The molecule has 31 heavy (non-hydrogen) atoms. The first-order valence-electron chi connectivity index (χ1n) is 11.1. The van der Waals surface area contributed by atoms with Crippen LogP contribution < -0.4 is 5.32 Å². The molecule has 0 fully saturated rings. The number of aryl methyl sites for hydroxylation is 1. The van der Waals surface area contributed by atoms with Crippen molar-refractivity contribution in [3.8, 4) is 0 Å². The second kappa shape index (κ2) is 8.71. The summed E-state index contributed by atoms with van der Waals surface area (Å²) < 4.78 is 4.34. The monoisotopic (exact) mass is 419 g/mol. The maximum atomic E-state index is 13.2. The molecule has 0 unspecified atom stereocenters. The van der Waals surface area contributed by atoms with Crippen molar-refractivity contribution in [2.45, 2.75) is 45.3 Å². The number of carbonyl (C=O) groups excluding carboxylic acids is 1. The van der Waals surface area contributed by atoms with E-state index in [1.54, 1.807) is 11.0 Å². The van der Waals surface area contributed by atoms with Crippen LogP contribution in [0.2, 0.25) is 0 Å². The van der Waals surface area contributed by atoms with Crippen LogP contribution in [0.1, 0.15) is 43.3 Å². The highest BCUT2D eigenvalue weighted by atomic mass is 16.2. The number of amides is 1. The van der Waals surface area contributed by atoms with Crippen molar-refractivity contribution in [2.24, 2.45) is 13.0 Å². The zero-order valence-electron chi connectivity index (χ0n) is 19.0. The first kappa shape index (κ1) is 21.4. The molecule has 0 bridgehead atoms. The smallest absolute Gasteiger partial charge is 0.240 e. The van der Waals surface area contributed by atoms with Crippen LogP contribution in [0, 0.1) is 5.92 Å². The molecule has 2 atom stereocenters.